The van der Waals surface area contributed by atoms with Gasteiger partial charge >= 0.3 is 5.76 Å². The van der Waals surface area contributed by atoms with Crippen molar-refractivity contribution in [2.75, 3.05) is 19.7 Å². The predicted molar refractivity (Wildman–Crippen MR) is 161 cm³/mol. The number of rotatable bonds is 7. The zero-order valence-electron chi connectivity index (χ0n) is 25.0. The molecule has 3 aliphatic heterocycles. The van der Waals surface area contributed by atoms with Crippen LogP contribution in [0.3, 0.4) is 0 Å². The number of halogens is 1. The Morgan fingerprint density at radius 3 is 2.72 bits per heavy atom. The van der Waals surface area contributed by atoms with E-state index in [1.54, 1.807) is 25.3 Å². The predicted octanol–water partition coefficient (Wildman–Crippen LogP) is 4.60. The van der Waals surface area contributed by atoms with Crippen LogP contribution in [0.1, 0.15) is 54.6 Å². The largest absolute Gasteiger partial charge is 0.444 e. The van der Waals surface area contributed by atoms with Gasteiger partial charge in [0.25, 0.3) is 5.79 Å². The van der Waals surface area contributed by atoms with Crippen molar-refractivity contribution in [1.29, 1.82) is 5.26 Å². The van der Waals surface area contributed by atoms with Crippen LogP contribution in [0.2, 0.25) is 0 Å². The average molecular weight is 624 g/mol. The number of pyridine rings is 1. The van der Waals surface area contributed by atoms with Gasteiger partial charge in [0.2, 0.25) is 0 Å². The summed E-state index contributed by atoms with van der Waals surface area (Å²) in [7, 11) is 0. The maximum absolute atomic E-state index is 15.0. The highest BCUT2D eigenvalue weighted by atomic mass is 19.1. The third-order valence-corrected chi connectivity index (χ3v) is 9.15. The molecule has 46 heavy (non-hydrogen) atoms. The molecule has 0 bridgehead atoms. The van der Waals surface area contributed by atoms with Crippen molar-refractivity contribution in [1.82, 2.24) is 29.6 Å². The topological polar surface area (TPSA) is 144 Å². The standard InChI is InChI=1S/C33H30FN7O5/c1-33(24-6-5-19(15-35)13-25(24)34)44-27-4-2-3-23(29(27)45-33)20-7-10-40(11-8-20)18-28-37-26-14-21(30-38-32(42)46-39-30)16-36-31(26)41(28)17-22-9-12-43-22/h2-6,13-14,16,20,22H,7-12,17-18H2,1H3,(H,38,39,42). The fourth-order valence-corrected chi connectivity index (χ4v) is 6.62. The van der Waals surface area contributed by atoms with Gasteiger partial charge in [-0.3, -0.25) is 14.4 Å². The Morgan fingerprint density at radius 1 is 1.15 bits per heavy atom. The number of aromatic amines is 1. The molecule has 3 aromatic heterocycles. The fraction of sp³-hybridized carbons (Fsp3) is 0.364. The Morgan fingerprint density at radius 2 is 2.00 bits per heavy atom. The number of nitriles is 1. The number of likely N-dealkylation sites (tertiary alicyclic amines) is 1. The van der Waals surface area contributed by atoms with Gasteiger partial charge in [-0.25, -0.2) is 19.2 Å². The number of fused-ring (bicyclic) bond motifs is 2. The Bertz CT molecular complexity index is 2050. The summed E-state index contributed by atoms with van der Waals surface area (Å²) in [5.74, 6) is 0.170. The summed E-state index contributed by atoms with van der Waals surface area (Å²) in [6, 6.07) is 14.0. The lowest BCUT2D eigenvalue weighted by Crippen LogP contribution is -2.35. The summed E-state index contributed by atoms with van der Waals surface area (Å²) in [5.41, 5.74) is 3.62. The van der Waals surface area contributed by atoms with Gasteiger partial charge < -0.3 is 18.8 Å². The first-order valence-corrected chi connectivity index (χ1v) is 15.3. The van der Waals surface area contributed by atoms with E-state index in [0.717, 1.165) is 56.0 Å². The third-order valence-electron chi connectivity index (χ3n) is 9.15. The quantitative estimate of drug-likeness (QED) is 0.273. The Balaban J connectivity index is 0.999. The fourth-order valence-electron chi connectivity index (χ4n) is 6.62. The number of aromatic nitrogens is 5. The zero-order chi connectivity index (χ0) is 31.4. The van der Waals surface area contributed by atoms with E-state index in [9.17, 15) is 9.18 Å². The molecule has 2 aromatic carbocycles. The number of ether oxygens (including phenoxy) is 3. The second kappa shape index (κ2) is 11.1. The van der Waals surface area contributed by atoms with Gasteiger partial charge in [-0.05, 0) is 68.6 Å². The van der Waals surface area contributed by atoms with E-state index < -0.39 is 17.4 Å². The van der Waals surface area contributed by atoms with Crippen molar-refractivity contribution in [3.8, 4) is 29.0 Å². The minimum atomic E-state index is -1.34. The second-order valence-electron chi connectivity index (χ2n) is 12.1. The molecular formula is C33H30FN7O5. The lowest BCUT2D eigenvalue weighted by atomic mass is 9.88. The van der Waals surface area contributed by atoms with E-state index >= 15 is 0 Å². The number of nitrogens with one attached hydrogen (secondary N) is 1. The van der Waals surface area contributed by atoms with E-state index in [4.69, 9.17) is 24.5 Å². The van der Waals surface area contributed by atoms with Crippen molar-refractivity contribution >= 4 is 11.2 Å². The maximum atomic E-state index is 15.0. The van der Waals surface area contributed by atoms with Crippen LogP contribution in [0, 0.1) is 17.1 Å². The van der Waals surface area contributed by atoms with Crippen LogP contribution >= 0.6 is 0 Å². The van der Waals surface area contributed by atoms with E-state index in [1.165, 1.54) is 6.07 Å². The molecule has 12 nitrogen and oxygen atoms in total. The van der Waals surface area contributed by atoms with Crippen molar-refractivity contribution in [2.45, 2.75) is 57.1 Å². The molecule has 1 N–H and O–H groups in total. The lowest BCUT2D eigenvalue weighted by Gasteiger charge is -2.33. The van der Waals surface area contributed by atoms with Gasteiger partial charge in [-0.1, -0.05) is 17.3 Å². The molecule has 6 heterocycles. The van der Waals surface area contributed by atoms with Crippen molar-refractivity contribution < 1.29 is 23.1 Å². The van der Waals surface area contributed by atoms with Gasteiger partial charge in [0, 0.05) is 30.9 Å². The maximum Gasteiger partial charge on any atom is 0.439 e. The summed E-state index contributed by atoms with van der Waals surface area (Å²) >= 11 is 0. The third kappa shape index (κ3) is 4.99. The molecule has 0 amide bonds. The highest BCUT2D eigenvalue weighted by Gasteiger charge is 2.43. The van der Waals surface area contributed by atoms with Crippen LogP contribution in [0.4, 0.5) is 4.39 Å². The molecule has 2 unspecified atom stereocenters. The normalized spacial score (nSPS) is 21.4. The molecule has 3 aliphatic rings. The molecule has 0 radical (unpaired) electrons. The SMILES string of the molecule is CC1(c2ccc(C#N)cc2F)Oc2cccc(C3CCN(Cc4nc5cc(-c6noc(=O)[nH]6)cnc5n4CC4CCO4)CC3)c2O1. The van der Waals surface area contributed by atoms with Crippen molar-refractivity contribution in [3.05, 3.63) is 87.5 Å². The van der Waals surface area contributed by atoms with Gasteiger partial charge in [0.05, 0.1) is 36.4 Å². The van der Waals surface area contributed by atoms with Crippen LogP contribution in [0.5, 0.6) is 11.5 Å². The summed E-state index contributed by atoms with van der Waals surface area (Å²) in [6.07, 6.45) is 4.58. The first-order chi connectivity index (χ1) is 22.4. The Labute approximate surface area is 262 Å². The van der Waals surface area contributed by atoms with Gasteiger partial charge in [-0.2, -0.15) is 5.26 Å². The molecule has 13 heteroatoms. The number of H-pyrrole nitrogens is 1. The minimum Gasteiger partial charge on any atom is -0.444 e. The van der Waals surface area contributed by atoms with Gasteiger partial charge in [0.15, 0.2) is 23.0 Å². The van der Waals surface area contributed by atoms with E-state index in [0.29, 0.717) is 41.5 Å². The van der Waals surface area contributed by atoms with Crippen LogP contribution in [-0.4, -0.2) is 55.4 Å². The van der Waals surface area contributed by atoms with Crippen LogP contribution in [0.15, 0.2) is 58.0 Å². The molecule has 5 aromatic rings. The van der Waals surface area contributed by atoms with Crippen LogP contribution < -0.4 is 15.2 Å². The monoisotopic (exact) mass is 623 g/mol. The molecule has 2 fully saturated rings. The minimum absolute atomic E-state index is 0.126. The van der Waals surface area contributed by atoms with Gasteiger partial charge in [-0.15, -0.1) is 0 Å². The number of hydrogen-bond donors (Lipinski definition) is 1. The zero-order valence-corrected chi connectivity index (χ0v) is 25.0. The van der Waals surface area contributed by atoms with E-state index in [2.05, 4.69) is 35.2 Å². The average Bonchev–Trinajstić information content (AvgIpc) is 3.73. The lowest BCUT2D eigenvalue weighted by molar-refractivity contribution is -0.0712. The molecule has 2 atom stereocenters. The molecule has 0 aliphatic carbocycles. The Kier molecular flexibility index (Phi) is 6.84. The smallest absolute Gasteiger partial charge is 0.439 e. The second-order valence-corrected chi connectivity index (χ2v) is 12.1. The first-order valence-electron chi connectivity index (χ1n) is 15.3. The number of benzene rings is 2. The van der Waals surface area contributed by atoms with E-state index in [1.807, 2.05) is 24.3 Å². The number of imidazole rings is 1. The number of piperidine rings is 1. The number of nitrogens with zero attached hydrogens (tertiary/aromatic N) is 6. The van der Waals surface area contributed by atoms with Crippen LogP contribution in [-0.2, 0) is 23.6 Å². The summed E-state index contributed by atoms with van der Waals surface area (Å²) in [5, 5.41) is 12.9. The highest BCUT2D eigenvalue weighted by Crippen LogP contribution is 2.49. The first kappa shape index (κ1) is 28.4. The molecule has 234 valence electrons. The van der Waals surface area contributed by atoms with E-state index in [-0.39, 0.29) is 23.1 Å². The Hall–Kier alpha value is -5.06. The molecular weight excluding hydrogens is 593 g/mol. The number of hydrogen-bond acceptors (Lipinski definition) is 10. The summed E-state index contributed by atoms with van der Waals surface area (Å²) < 4.78 is 40.1. The molecule has 2 saturated heterocycles. The molecule has 0 spiro atoms. The van der Waals surface area contributed by atoms with Crippen molar-refractivity contribution in [3.63, 3.8) is 0 Å². The van der Waals surface area contributed by atoms with Crippen LogP contribution in [0.25, 0.3) is 22.6 Å². The number of para-hydroxylation sites is 1. The van der Waals surface area contributed by atoms with Gasteiger partial charge in [0.1, 0.15) is 17.2 Å². The molecule has 0 saturated carbocycles. The summed E-state index contributed by atoms with van der Waals surface area (Å²) in [4.78, 5) is 26.1. The highest BCUT2D eigenvalue weighted by molar-refractivity contribution is 5.77. The molecule has 8 rings (SSSR count). The summed E-state index contributed by atoms with van der Waals surface area (Å²) in [6.45, 7) is 5.47. The van der Waals surface area contributed by atoms with Crippen molar-refractivity contribution in [2.24, 2.45) is 0 Å².